The maximum atomic E-state index is 12.6. The lowest BCUT2D eigenvalue weighted by molar-refractivity contribution is 0.0903. The van der Waals surface area contributed by atoms with Crippen LogP contribution in [0.15, 0.2) is 71.1 Å². The van der Waals surface area contributed by atoms with E-state index in [1.165, 1.54) is 6.42 Å². The van der Waals surface area contributed by atoms with Gasteiger partial charge in [0, 0.05) is 35.1 Å². The summed E-state index contributed by atoms with van der Waals surface area (Å²) in [4.78, 5) is 12.6. The largest absolute Gasteiger partial charge is 0.451 e. The molecule has 2 aliphatic heterocycles. The van der Waals surface area contributed by atoms with E-state index in [1.54, 1.807) is 6.07 Å². The Balaban J connectivity index is 1.29. The summed E-state index contributed by atoms with van der Waals surface area (Å²) in [5, 5.41) is 10.0. The number of benzene rings is 2. The van der Waals surface area contributed by atoms with E-state index in [0.29, 0.717) is 23.6 Å². The van der Waals surface area contributed by atoms with Gasteiger partial charge in [-0.1, -0.05) is 30.3 Å². The van der Waals surface area contributed by atoms with Crippen molar-refractivity contribution in [2.24, 2.45) is 0 Å². The van der Waals surface area contributed by atoms with Gasteiger partial charge in [0.15, 0.2) is 5.76 Å². The van der Waals surface area contributed by atoms with Crippen molar-refractivity contribution in [3.05, 3.63) is 72.5 Å². The van der Waals surface area contributed by atoms with Gasteiger partial charge in [-0.05, 0) is 55.7 Å². The van der Waals surface area contributed by atoms with Crippen molar-refractivity contribution in [3.8, 4) is 11.3 Å². The number of hydrogen-bond donors (Lipinski definition) is 3. The molecule has 1 amide bonds. The lowest BCUT2D eigenvalue weighted by Gasteiger charge is -2.20. The van der Waals surface area contributed by atoms with E-state index in [0.717, 1.165) is 29.8 Å². The number of furan rings is 1. The predicted octanol–water partition coefficient (Wildman–Crippen LogP) is 4.31. The number of carbonyl (C=O) groups excluding carboxylic acids is 1. The average molecular weight is 373 g/mol. The van der Waals surface area contributed by atoms with E-state index in [9.17, 15) is 4.79 Å². The van der Waals surface area contributed by atoms with E-state index in [2.05, 4.69) is 16.0 Å². The van der Waals surface area contributed by atoms with E-state index in [-0.39, 0.29) is 11.9 Å². The number of fused-ring (bicyclic) bond motifs is 2. The number of rotatable bonds is 5. The molecule has 2 saturated heterocycles. The van der Waals surface area contributed by atoms with Gasteiger partial charge in [-0.15, -0.1) is 0 Å². The first-order valence-electron chi connectivity index (χ1n) is 9.84. The average Bonchev–Trinajstić information content (AvgIpc) is 3.46. The van der Waals surface area contributed by atoms with Crippen LogP contribution in [0.25, 0.3) is 11.3 Å². The summed E-state index contributed by atoms with van der Waals surface area (Å²) in [5.41, 5.74) is 2.93. The Morgan fingerprint density at radius 1 is 0.964 bits per heavy atom. The molecule has 0 spiro atoms. The molecule has 142 valence electrons. The second-order valence-electron chi connectivity index (χ2n) is 7.60. The Labute approximate surface area is 164 Å². The minimum Gasteiger partial charge on any atom is -0.451 e. The molecule has 2 bridgehead atoms. The van der Waals surface area contributed by atoms with Crippen LogP contribution in [-0.4, -0.2) is 24.0 Å². The zero-order chi connectivity index (χ0) is 18.9. The molecule has 28 heavy (non-hydrogen) atoms. The Morgan fingerprint density at radius 2 is 1.82 bits per heavy atom. The molecule has 5 rings (SSSR count). The molecule has 3 unspecified atom stereocenters. The van der Waals surface area contributed by atoms with Gasteiger partial charge >= 0.3 is 0 Å². The van der Waals surface area contributed by atoms with Gasteiger partial charge in [-0.3, -0.25) is 4.79 Å². The molecule has 3 N–H and O–H groups in total. The summed E-state index contributed by atoms with van der Waals surface area (Å²) in [5.74, 6) is 0.913. The van der Waals surface area contributed by atoms with E-state index in [1.807, 2.05) is 60.7 Å². The van der Waals surface area contributed by atoms with Gasteiger partial charge in [-0.25, -0.2) is 0 Å². The number of para-hydroxylation sites is 1. The molecule has 3 aromatic rings. The Hall–Kier alpha value is -3.05. The van der Waals surface area contributed by atoms with Gasteiger partial charge in [0.2, 0.25) is 0 Å². The molecule has 2 fully saturated rings. The summed E-state index contributed by atoms with van der Waals surface area (Å²) in [7, 11) is 0. The number of carbonyl (C=O) groups is 1. The second kappa shape index (κ2) is 7.17. The molecule has 0 saturated carbocycles. The molecule has 5 nitrogen and oxygen atoms in total. The molecule has 2 aromatic carbocycles. The monoisotopic (exact) mass is 373 g/mol. The standard InChI is InChI=1S/C23H23N3O2/c27-23(26-20-14-18-9-10-19(20)25-18)22-12-11-21(28-22)15-5-4-8-17(13-15)24-16-6-2-1-3-7-16/h1-8,11-13,18-20,24-25H,9-10,14H2,(H,26,27). The Kier molecular flexibility index (Phi) is 4.37. The van der Waals surface area contributed by atoms with E-state index in [4.69, 9.17) is 4.42 Å². The van der Waals surface area contributed by atoms with Crippen molar-refractivity contribution in [2.75, 3.05) is 5.32 Å². The van der Waals surface area contributed by atoms with Crippen LogP contribution in [-0.2, 0) is 0 Å². The lowest BCUT2D eigenvalue weighted by atomic mass is 9.95. The molecule has 1 aromatic heterocycles. The quantitative estimate of drug-likeness (QED) is 0.623. The third kappa shape index (κ3) is 3.41. The summed E-state index contributed by atoms with van der Waals surface area (Å²) < 4.78 is 5.87. The highest BCUT2D eigenvalue weighted by Gasteiger charge is 2.39. The third-order valence-electron chi connectivity index (χ3n) is 5.66. The molecular formula is C23H23N3O2. The highest BCUT2D eigenvalue weighted by atomic mass is 16.3. The highest BCUT2D eigenvalue weighted by molar-refractivity contribution is 5.92. The molecule has 3 heterocycles. The van der Waals surface area contributed by atoms with Crippen LogP contribution in [0.1, 0.15) is 29.8 Å². The van der Waals surface area contributed by atoms with Crippen LogP contribution in [0.3, 0.4) is 0 Å². The smallest absolute Gasteiger partial charge is 0.287 e. The molecule has 0 aliphatic carbocycles. The van der Waals surface area contributed by atoms with Crippen molar-refractivity contribution in [2.45, 2.75) is 37.4 Å². The van der Waals surface area contributed by atoms with Gasteiger partial charge < -0.3 is 20.4 Å². The zero-order valence-electron chi connectivity index (χ0n) is 15.5. The first-order valence-corrected chi connectivity index (χ1v) is 9.84. The van der Waals surface area contributed by atoms with Gasteiger partial charge in [0.05, 0.1) is 0 Å². The normalized spacial score (nSPS) is 22.9. The zero-order valence-corrected chi connectivity index (χ0v) is 15.5. The van der Waals surface area contributed by atoms with Gasteiger partial charge in [0.25, 0.3) is 5.91 Å². The molecule has 0 radical (unpaired) electrons. The summed E-state index contributed by atoms with van der Waals surface area (Å²) in [6.45, 7) is 0. The van der Waals surface area contributed by atoms with Crippen LogP contribution in [0.5, 0.6) is 0 Å². The third-order valence-corrected chi connectivity index (χ3v) is 5.66. The molecule has 2 aliphatic rings. The summed E-state index contributed by atoms with van der Waals surface area (Å²) in [6, 6.07) is 22.8. The fourth-order valence-electron chi connectivity index (χ4n) is 4.28. The number of nitrogens with one attached hydrogen (secondary N) is 3. The minimum absolute atomic E-state index is 0.135. The summed E-state index contributed by atoms with van der Waals surface area (Å²) in [6.07, 6.45) is 3.37. The Bertz CT molecular complexity index is 982. The fraction of sp³-hybridized carbons (Fsp3) is 0.261. The van der Waals surface area contributed by atoms with Crippen molar-refractivity contribution in [1.29, 1.82) is 0 Å². The summed E-state index contributed by atoms with van der Waals surface area (Å²) >= 11 is 0. The minimum atomic E-state index is -0.135. The number of hydrogen-bond acceptors (Lipinski definition) is 4. The molecule has 5 heteroatoms. The van der Waals surface area contributed by atoms with Crippen LogP contribution in [0.4, 0.5) is 11.4 Å². The van der Waals surface area contributed by atoms with Crippen molar-refractivity contribution >= 4 is 17.3 Å². The van der Waals surface area contributed by atoms with Crippen molar-refractivity contribution in [3.63, 3.8) is 0 Å². The van der Waals surface area contributed by atoms with Crippen LogP contribution < -0.4 is 16.0 Å². The van der Waals surface area contributed by atoms with Gasteiger partial charge in [-0.2, -0.15) is 0 Å². The maximum Gasteiger partial charge on any atom is 0.287 e. The Morgan fingerprint density at radius 3 is 2.61 bits per heavy atom. The van der Waals surface area contributed by atoms with E-state index >= 15 is 0 Å². The van der Waals surface area contributed by atoms with Crippen LogP contribution >= 0.6 is 0 Å². The maximum absolute atomic E-state index is 12.6. The number of amides is 1. The molecule has 3 atom stereocenters. The van der Waals surface area contributed by atoms with E-state index < -0.39 is 0 Å². The van der Waals surface area contributed by atoms with Gasteiger partial charge in [0.1, 0.15) is 5.76 Å². The second-order valence-corrected chi connectivity index (χ2v) is 7.60. The van der Waals surface area contributed by atoms with Crippen LogP contribution in [0.2, 0.25) is 0 Å². The topological polar surface area (TPSA) is 66.3 Å². The van der Waals surface area contributed by atoms with Crippen molar-refractivity contribution in [1.82, 2.24) is 10.6 Å². The fourth-order valence-corrected chi connectivity index (χ4v) is 4.28. The first kappa shape index (κ1) is 17.1. The number of anilines is 2. The SMILES string of the molecule is O=C(NC1CC2CCC1N2)c1ccc(-c2cccc(Nc3ccccc3)c2)o1. The van der Waals surface area contributed by atoms with Crippen LogP contribution in [0, 0.1) is 0 Å². The molecular weight excluding hydrogens is 350 g/mol. The first-order chi connectivity index (χ1) is 13.7. The van der Waals surface area contributed by atoms with Crippen molar-refractivity contribution < 1.29 is 9.21 Å². The lowest BCUT2D eigenvalue weighted by Crippen LogP contribution is -2.42. The predicted molar refractivity (Wildman–Crippen MR) is 110 cm³/mol. The highest BCUT2D eigenvalue weighted by Crippen LogP contribution is 2.29.